The molecule has 0 radical (unpaired) electrons. The Labute approximate surface area is 124 Å². The summed E-state index contributed by atoms with van der Waals surface area (Å²) in [6, 6.07) is 0.542. The molecule has 2 fully saturated rings. The molecule has 2 aliphatic rings. The number of hydrogen-bond donors (Lipinski definition) is 1. The van der Waals surface area contributed by atoms with Crippen molar-refractivity contribution >= 4 is 0 Å². The molecule has 4 heteroatoms. The molecular weight excluding hydrogens is 252 g/mol. The molecule has 0 aromatic heterocycles. The maximum atomic E-state index is 5.79. The number of likely N-dealkylation sites (N-methyl/N-ethyl adjacent to an activating group) is 1. The van der Waals surface area contributed by atoms with Crippen LogP contribution in [0.4, 0.5) is 0 Å². The van der Waals surface area contributed by atoms with Crippen molar-refractivity contribution in [1.82, 2.24) is 10.2 Å². The molecule has 2 heterocycles. The van der Waals surface area contributed by atoms with Gasteiger partial charge in [0.1, 0.15) is 0 Å². The number of hydrogen-bond acceptors (Lipinski definition) is 4. The van der Waals surface area contributed by atoms with Gasteiger partial charge in [-0.15, -0.1) is 0 Å². The average Bonchev–Trinajstić information content (AvgIpc) is 3.08. The molecule has 0 aromatic rings. The number of ether oxygens (including phenoxy) is 2. The lowest BCUT2D eigenvalue weighted by atomic mass is 9.86. The molecule has 2 rings (SSSR count). The molecule has 4 nitrogen and oxygen atoms in total. The predicted molar refractivity (Wildman–Crippen MR) is 82.1 cm³/mol. The summed E-state index contributed by atoms with van der Waals surface area (Å²) in [5.74, 6) is 0. The van der Waals surface area contributed by atoms with Gasteiger partial charge < -0.3 is 19.7 Å². The Morgan fingerprint density at radius 3 is 2.75 bits per heavy atom. The van der Waals surface area contributed by atoms with Crippen molar-refractivity contribution in [2.24, 2.45) is 5.41 Å². The molecule has 0 saturated carbocycles. The van der Waals surface area contributed by atoms with E-state index in [-0.39, 0.29) is 0 Å². The molecular formula is C16H32N2O2. The number of rotatable bonds is 8. The van der Waals surface area contributed by atoms with Crippen LogP contribution in [0, 0.1) is 5.41 Å². The SMILES string of the molecule is CCN(CC1CCCO1)CC1(CNC(C)C)CCOC1. The zero-order valence-electron chi connectivity index (χ0n) is 13.5. The van der Waals surface area contributed by atoms with Gasteiger partial charge in [-0.3, -0.25) is 0 Å². The first-order valence-electron chi connectivity index (χ1n) is 8.29. The lowest BCUT2D eigenvalue weighted by Crippen LogP contribution is -2.47. The zero-order chi connectivity index (χ0) is 14.4. The highest BCUT2D eigenvalue weighted by molar-refractivity contribution is 4.89. The van der Waals surface area contributed by atoms with Crippen LogP contribution < -0.4 is 5.32 Å². The zero-order valence-corrected chi connectivity index (χ0v) is 13.5. The second-order valence-corrected chi connectivity index (χ2v) is 6.80. The minimum atomic E-state index is 0.291. The Morgan fingerprint density at radius 2 is 2.20 bits per heavy atom. The van der Waals surface area contributed by atoms with Gasteiger partial charge in [0.05, 0.1) is 12.7 Å². The molecule has 1 N–H and O–H groups in total. The molecule has 0 aromatic carbocycles. The van der Waals surface area contributed by atoms with Crippen LogP contribution in [-0.4, -0.2) is 63.0 Å². The second kappa shape index (κ2) is 7.74. The predicted octanol–water partition coefficient (Wildman–Crippen LogP) is 1.89. The van der Waals surface area contributed by atoms with Gasteiger partial charge in [-0.25, -0.2) is 0 Å². The first-order valence-corrected chi connectivity index (χ1v) is 8.29. The van der Waals surface area contributed by atoms with E-state index in [1.165, 1.54) is 19.3 Å². The summed E-state index contributed by atoms with van der Waals surface area (Å²) in [5, 5.41) is 3.61. The van der Waals surface area contributed by atoms with E-state index in [4.69, 9.17) is 9.47 Å². The summed E-state index contributed by atoms with van der Waals surface area (Å²) in [4.78, 5) is 2.56. The van der Waals surface area contributed by atoms with E-state index in [1.807, 2.05) is 0 Å². The third kappa shape index (κ3) is 4.69. The summed E-state index contributed by atoms with van der Waals surface area (Å²) in [6.07, 6.45) is 4.08. The van der Waals surface area contributed by atoms with Crippen LogP contribution in [0.5, 0.6) is 0 Å². The third-order valence-corrected chi connectivity index (χ3v) is 4.56. The summed E-state index contributed by atoms with van der Waals surface area (Å²) >= 11 is 0. The summed E-state index contributed by atoms with van der Waals surface area (Å²) in [5.41, 5.74) is 0.291. The van der Waals surface area contributed by atoms with E-state index in [0.717, 1.165) is 46.0 Å². The Morgan fingerprint density at radius 1 is 1.35 bits per heavy atom. The standard InChI is InChI=1S/C16H32N2O2/c1-4-18(10-15-6-5-8-20-15)12-16(7-9-19-13-16)11-17-14(2)3/h14-15,17H,4-13H2,1-3H3. The van der Waals surface area contributed by atoms with E-state index in [1.54, 1.807) is 0 Å². The highest BCUT2D eigenvalue weighted by atomic mass is 16.5. The lowest BCUT2D eigenvalue weighted by molar-refractivity contribution is 0.0502. The molecule has 118 valence electrons. The Bertz CT molecular complexity index is 272. The van der Waals surface area contributed by atoms with Crippen molar-refractivity contribution in [1.29, 1.82) is 0 Å². The van der Waals surface area contributed by atoms with E-state index >= 15 is 0 Å². The number of nitrogens with zero attached hydrogens (tertiary/aromatic N) is 1. The fourth-order valence-corrected chi connectivity index (χ4v) is 3.25. The maximum Gasteiger partial charge on any atom is 0.0702 e. The Kier molecular flexibility index (Phi) is 6.27. The molecule has 0 bridgehead atoms. The molecule has 2 unspecified atom stereocenters. The van der Waals surface area contributed by atoms with Gasteiger partial charge in [0, 0.05) is 44.3 Å². The maximum absolute atomic E-state index is 5.79. The molecule has 20 heavy (non-hydrogen) atoms. The van der Waals surface area contributed by atoms with E-state index in [2.05, 4.69) is 31.0 Å². The fourth-order valence-electron chi connectivity index (χ4n) is 3.25. The van der Waals surface area contributed by atoms with E-state index < -0.39 is 0 Å². The van der Waals surface area contributed by atoms with Crippen LogP contribution in [0.3, 0.4) is 0 Å². The molecule has 0 aliphatic carbocycles. The van der Waals surface area contributed by atoms with Crippen LogP contribution in [0.1, 0.15) is 40.0 Å². The second-order valence-electron chi connectivity index (χ2n) is 6.80. The quantitative estimate of drug-likeness (QED) is 0.738. The van der Waals surface area contributed by atoms with Gasteiger partial charge in [0.15, 0.2) is 0 Å². The van der Waals surface area contributed by atoms with Crippen LogP contribution in [0.2, 0.25) is 0 Å². The molecule has 2 atom stereocenters. The van der Waals surface area contributed by atoms with Gasteiger partial charge in [-0.1, -0.05) is 20.8 Å². The van der Waals surface area contributed by atoms with Crippen molar-refractivity contribution in [3.05, 3.63) is 0 Å². The highest BCUT2D eigenvalue weighted by Gasteiger charge is 2.36. The molecule has 0 spiro atoms. The largest absolute Gasteiger partial charge is 0.381 e. The third-order valence-electron chi connectivity index (χ3n) is 4.56. The van der Waals surface area contributed by atoms with Crippen molar-refractivity contribution in [2.75, 3.05) is 46.0 Å². The van der Waals surface area contributed by atoms with Crippen molar-refractivity contribution in [2.45, 2.75) is 52.2 Å². The van der Waals surface area contributed by atoms with Crippen LogP contribution in [0.15, 0.2) is 0 Å². The fraction of sp³-hybridized carbons (Fsp3) is 1.00. The summed E-state index contributed by atoms with van der Waals surface area (Å²) in [6.45, 7) is 13.8. The van der Waals surface area contributed by atoms with Crippen LogP contribution >= 0.6 is 0 Å². The topological polar surface area (TPSA) is 33.7 Å². The summed E-state index contributed by atoms with van der Waals surface area (Å²) in [7, 11) is 0. The van der Waals surface area contributed by atoms with Gasteiger partial charge in [0.25, 0.3) is 0 Å². The van der Waals surface area contributed by atoms with Gasteiger partial charge in [-0.05, 0) is 25.8 Å². The molecule has 0 amide bonds. The Balaban J connectivity index is 1.87. The van der Waals surface area contributed by atoms with Gasteiger partial charge in [0.2, 0.25) is 0 Å². The first-order chi connectivity index (χ1) is 9.63. The number of nitrogens with one attached hydrogen (secondary N) is 1. The lowest BCUT2D eigenvalue weighted by Gasteiger charge is -2.35. The van der Waals surface area contributed by atoms with E-state index in [0.29, 0.717) is 17.6 Å². The van der Waals surface area contributed by atoms with Crippen molar-refractivity contribution < 1.29 is 9.47 Å². The van der Waals surface area contributed by atoms with Crippen LogP contribution in [-0.2, 0) is 9.47 Å². The first kappa shape index (κ1) is 16.2. The van der Waals surface area contributed by atoms with Crippen molar-refractivity contribution in [3.8, 4) is 0 Å². The normalized spacial score (nSPS) is 30.8. The monoisotopic (exact) mass is 284 g/mol. The van der Waals surface area contributed by atoms with Crippen LogP contribution in [0.25, 0.3) is 0 Å². The average molecular weight is 284 g/mol. The van der Waals surface area contributed by atoms with Gasteiger partial charge in [-0.2, -0.15) is 0 Å². The molecule has 2 saturated heterocycles. The van der Waals surface area contributed by atoms with Gasteiger partial charge >= 0.3 is 0 Å². The minimum absolute atomic E-state index is 0.291. The van der Waals surface area contributed by atoms with Crippen molar-refractivity contribution in [3.63, 3.8) is 0 Å². The summed E-state index contributed by atoms with van der Waals surface area (Å²) < 4.78 is 11.5. The smallest absolute Gasteiger partial charge is 0.0702 e. The van der Waals surface area contributed by atoms with E-state index in [9.17, 15) is 0 Å². The Hall–Kier alpha value is -0.160. The minimum Gasteiger partial charge on any atom is -0.381 e. The highest BCUT2D eigenvalue weighted by Crippen LogP contribution is 2.29. The molecule has 2 aliphatic heterocycles.